The predicted octanol–water partition coefficient (Wildman–Crippen LogP) is 3.56. The lowest BCUT2D eigenvalue weighted by molar-refractivity contribution is 0.103. The minimum Gasteiger partial charge on any atom is -0.450 e. The number of thiazole rings is 1. The standard InChI is InChI=1S/C18H19N3O4S2.BrH/c1-3-25-18(22)20-9-8-15-16(11-20)26-17-19-14(10-21(15)17)12-4-6-13(7-5-12)27(2,23)24;/h4-7,10H,3,8-9,11H2,1-2H3;1H. The highest BCUT2D eigenvalue weighted by Crippen LogP contribution is 2.31. The number of benzene rings is 1. The first-order chi connectivity index (χ1) is 12.9. The quantitative estimate of drug-likeness (QED) is 0.566. The first-order valence-electron chi connectivity index (χ1n) is 8.58. The number of halogens is 1. The van der Waals surface area contributed by atoms with Crippen LogP contribution >= 0.6 is 28.3 Å². The van der Waals surface area contributed by atoms with Crippen LogP contribution in [0.1, 0.15) is 17.5 Å². The number of fused-ring (bicyclic) bond motifs is 3. The van der Waals surface area contributed by atoms with Gasteiger partial charge in [-0.25, -0.2) is 18.2 Å². The van der Waals surface area contributed by atoms with Crippen molar-refractivity contribution in [2.45, 2.75) is 24.8 Å². The molecule has 150 valence electrons. The van der Waals surface area contributed by atoms with Gasteiger partial charge in [0.2, 0.25) is 0 Å². The van der Waals surface area contributed by atoms with Crippen LogP contribution in [0.2, 0.25) is 0 Å². The molecular formula is C18H20BrN3O4S2. The zero-order chi connectivity index (χ0) is 19.2. The topological polar surface area (TPSA) is 81.0 Å². The minimum atomic E-state index is -3.21. The highest BCUT2D eigenvalue weighted by atomic mass is 79.9. The molecule has 2 aromatic heterocycles. The lowest BCUT2D eigenvalue weighted by Crippen LogP contribution is -2.36. The molecule has 3 aromatic rings. The van der Waals surface area contributed by atoms with Gasteiger partial charge in [0.25, 0.3) is 0 Å². The summed E-state index contributed by atoms with van der Waals surface area (Å²) in [6.07, 6.45) is 3.64. The van der Waals surface area contributed by atoms with Crippen molar-refractivity contribution in [1.82, 2.24) is 14.3 Å². The number of carbonyl (C=O) groups is 1. The Bertz CT molecular complexity index is 1120. The average molecular weight is 486 g/mol. The third-order valence-electron chi connectivity index (χ3n) is 4.56. The number of nitrogens with zero attached hydrogens (tertiary/aromatic N) is 3. The van der Waals surface area contributed by atoms with Gasteiger partial charge in [-0.15, -0.1) is 17.0 Å². The Morgan fingerprint density at radius 3 is 2.64 bits per heavy atom. The van der Waals surface area contributed by atoms with Crippen molar-refractivity contribution in [2.24, 2.45) is 0 Å². The lowest BCUT2D eigenvalue weighted by Gasteiger charge is -2.25. The second-order valence-electron chi connectivity index (χ2n) is 6.42. The van der Waals surface area contributed by atoms with Crippen molar-refractivity contribution in [3.8, 4) is 11.3 Å². The van der Waals surface area contributed by atoms with Crippen molar-refractivity contribution in [3.63, 3.8) is 0 Å². The molecule has 0 fully saturated rings. The summed E-state index contributed by atoms with van der Waals surface area (Å²) < 4.78 is 30.4. The van der Waals surface area contributed by atoms with E-state index in [2.05, 4.69) is 9.38 Å². The fourth-order valence-corrected chi connectivity index (χ4v) is 4.99. The van der Waals surface area contributed by atoms with E-state index >= 15 is 0 Å². The second-order valence-corrected chi connectivity index (χ2v) is 9.50. The van der Waals surface area contributed by atoms with Crippen LogP contribution in [-0.2, 0) is 27.5 Å². The van der Waals surface area contributed by atoms with E-state index < -0.39 is 9.84 Å². The molecule has 3 heterocycles. The van der Waals surface area contributed by atoms with Gasteiger partial charge in [-0.2, -0.15) is 0 Å². The normalized spacial score (nSPS) is 13.9. The van der Waals surface area contributed by atoms with Gasteiger partial charge in [-0.1, -0.05) is 23.5 Å². The van der Waals surface area contributed by atoms with Crippen LogP contribution in [0.4, 0.5) is 4.79 Å². The summed E-state index contributed by atoms with van der Waals surface area (Å²) in [7, 11) is -3.21. The molecule has 1 aliphatic rings. The molecule has 0 bridgehead atoms. The monoisotopic (exact) mass is 485 g/mol. The Morgan fingerprint density at radius 2 is 2.00 bits per heavy atom. The van der Waals surface area contributed by atoms with Crippen molar-refractivity contribution < 1.29 is 17.9 Å². The molecule has 7 nitrogen and oxygen atoms in total. The predicted molar refractivity (Wildman–Crippen MR) is 113 cm³/mol. The second kappa shape index (κ2) is 7.84. The molecule has 4 rings (SSSR count). The zero-order valence-corrected chi connectivity index (χ0v) is 18.8. The summed E-state index contributed by atoms with van der Waals surface area (Å²) in [5, 5.41) is 0. The van der Waals surface area contributed by atoms with Gasteiger partial charge in [0.1, 0.15) is 0 Å². The lowest BCUT2D eigenvalue weighted by atomic mass is 10.1. The van der Waals surface area contributed by atoms with Gasteiger partial charge >= 0.3 is 6.09 Å². The summed E-state index contributed by atoms with van der Waals surface area (Å²) in [5.41, 5.74) is 2.84. The molecule has 0 atom stereocenters. The maximum atomic E-state index is 11.9. The number of hydrogen-bond donors (Lipinski definition) is 0. The van der Waals surface area contributed by atoms with E-state index in [1.54, 1.807) is 47.4 Å². The Balaban J connectivity index is 0.00000225. The smallest absolute Gasteiger partial charge is 0.410 e. The van der Waals surface area contributed by atoms with Crippen molar-refractivity contribution >= 4 is 49.2 Å². The molecule has 0 spiro atoms. The fourth-order valence-electron chi connectivity index (χ4n) is 3.19. The number of amides is 1. The molecule has 0 saturated carbocycles. The Labute approximate surface area is 177 Å². The Kier molecular flexibility index (Phi) is 5.83. The maximum absolute atomic E-state index is 11.9. The molecule has 0 N–H and O–H groups in total. The maximum Gasteiger partial charge on any atom is 0.410 e. The van der Waals surface area contributed by atoms with Crippen LogP contribution in [0.15, 0.2) is 35.4 Å². The summed E-state index contributed by atoms with van der Waals surface area (Å²) in [4.78, 5) is 20.6. The number of aromatic nitrogens is 2. The van der Waals surface area contributed by atoms with Gasteiger partial charge in [0.15, 0.2) is 14.8 Å². The van der Waals surface area contributed by atoms with Crippen LogP contribution in [0.5, 0.6) is 0 Å². The van der Waals surface area contributed by atoms with E-state index in [0.29, 0.717) is 24.6 Å². The molecule has 1 amide bonds. The molecule has 1 aliphatic heterocycles. The van der Waals surface area contributed by atoms with Crippen molar-refractivity contribution in [2.75, 3.05) is 19.4 Å². The average Bonchev–Trinajstić information content (AvgIpc) is 3.18. The fraction of sp³-hybridized carbons (Fsp3) is 0.333. The molecule has 0 unspecified atom stereocenters. The zero-order valence-electron chi connectivity index (χ0n) is 15.4. The van der Waals surface area contributed by atoms with Crippen molar-refractivity contribution in [3.05, 3.63) is 41.0 Å². The van der Waals surface area contributed by atoms with Gasteiger partial charge < -0.3 is 9.64 Å². The summed E-state index contributed by atoms with van der Waals surface area (Å²) >= 11 is 1.57. The largest absolute Gasteiger partial charge is 0.450 e. The Morgan fingerprint density at radius 1 is 1.29 bits per heavy atom. The number of hydrogen-bond acceptors (Lipinski definition) is 6. The van der Waals surface area contributed by atoms with Crippen LogP contribution in [0.3, 0.4) is 0 Å². The van der Waals surface area contributed by atoms with Crippen LogP contribution in [0.25, 0.3) is 16.2 Å². The van der Waals surface area contributed by atoms with E-state index in [1.807, 2.05) is 6.20 Å². The first-order valence-corrected chi connectivity index (χ1v) is 11.3. The van der Waals surface area contributed by atoms with Crippen molar-refractivity contribution in [1.29, 1.82) is 0 Å². The minimum absolute atomic E-state index is 0. The van der Waals surface area contributed by atoms with Crippen LogP contribution < -0.4 is 0 Å². The number of imidazole rings is 1. The summed E-state index contributed by atoms with van der Waals surface area (Å²) in [6.45, 7) is 3.34. The number of ether oxygens (including phenoxy) is 1. The highest BCUT2D eigenvalue weighted by molar-refractivity contribution is 8.93. The first kappa shape index (κ1) is 20.8. The van der Waals surface area contributed by atoms with Gasteiger partial charge in [0.05, 0.1) is 23.7 Å². The van der Waals surface area contributed by atoms with Gasteiger partial charge in [0, 0.05) is 41.6 Å². The highest BCUT2D eigenvalue weighted by Gasteiger charge is 2.26. The molecule has 28 heavy (non-hydrogen) atoms. The molecule has 0 radical (unpaired) electrons. The molecular weight excluding hydrogens is 466 g/mol. The van der Waals surface area contributed by atoms with E-state index in [4.69, 9.17) is 4.74 Å². The van der Waals surface area contributed by atoms with Crippen LogP contribution in [-0.4, -0.2) is 48.2 Å². The number of carbonyl (C=O) groups excluding carboxylic acids is 1. The number of sulfone groups is 1. The Hall–Kier alpha value is -1.91. The summed E-state index contributed by atoms with van der Waals surface area (Å²) in [6, 6.07) is 6.76. The van der Waals surface area contributed by atoms with Crippen LogP contribution in [0, 0.1) is 0 Å². The molecule has 0 saturated heterocycles. The van der Waals surface area contributed by atoms with E-state index in [0.717, 1.165) is 27.5 Å². The SMILES string of the molecule is Br.CCOC(=O)N1CCc2c(sc3nc(-c4ccc(S(C)(=O)=O)cc4)cn23)C1. The molecule has 1 aromatic carbocycles. The summed E-state index contributed by atoms with van der Waals surface area (Å²) in [5.74, 6) is 0. The van der Waals surface area contributed by atoms with E-state index in [9.17, 15) is 13.2 Å². The van der Waals surface area contributed by atoms with Gasteiger partial charge in [-0.3, -0.25) is 4.40 Å². The van der Waals surface area contributed by atoms with E-state index in [1.165, 1.54) is 11.9 Å². The third-order valence-corrected chi connectivity index (χ3v) is 6.77. The molecule has 0 aliphatic carbocycles. The van der Waals surface area contributed by atoms with Gasteiger partial charge in [-0.05, 0) is 19.1 Å². The molecule has 10 heteroatoms. The number of rotatable bonds is 3. The third kappa shape index (κ3) is 3.81. The van der Waals surface area contributed by atoms with E-state index in [-0.39, 0.29) is 23.1 Å².